The topological polar surface area (TPSA) is 29.3 Å². The molecule has 0 bridgehead atoms. The summed E-state index contributed by atoms with van der Waals surface area (Å²) in [5.74, 6) is 0. The summed E-state index contributed by atoms with van der Waals surface area (Å²) in [5, 5.41) is 0. The highest BCUT2D eigenvalue weighted by Gasteiger charge is 2.28. The van der Waals surface area contributed by atoms with Crippen LogP contribution in [0.15, 0.2) is 24.3 Å². The van der Waals surface area contributed by atoms with Gasteiger partial charge in [-0.2, -0.15) is 0 Å². The quantitative estimate of drug-likeness (QED) is 0.820. The van der Waals surface area contributed by atoms with Gasteiger partial charge in [0.2, 0.25) is 0 Å². The molecule has 0 aliphatic heterocycles. The molecule has 0 saturated heterocycles. The third-order valence-electron chi connectivity index (χ3n) is 3.67. The third-order valence-corrected chi connectivity index (χ3v) is 3.67. The van der Waals surface area contributed by atoms with Gasteiger partial charge in [-0.25, -0.2) is 0 Å². The molecular formula is C15H26N2. The van der Waals surface area contributed by atoms with Crippen LogP contribution in [-0.2, 0) is 6.42 Å². The van der Waals surface area contributed by atoms with E-state index in [-0.39, 0.29) is 5.54 Å². The molecule has 2 nitrogen and oxygen atoms in total. The van der Waals surface area contributed by atoms with Gasteiger partial charge in [-0.3, -0.25) is 4.90 Å². The maximum absolute atomic E-state index is 6.00. The van der Waals surface area contributed by atoms with Gasteiger partial charge in [0.05, 0.1) is 0 Å². The van der Waals surface area contributed by atoms with E-state index >= 15 is 0 Å². The first-order valence-electron chi connectivity index (χ1n) is 6.56. The van der Waals surface area contributed by atoms with E-state index in [1.165, 1.54) is 11.1 Å². The molecule has 0 aliphatic carbocycles. The minimum atomic E-state index is 0.0682. The van der Waals surface area contributed by atoms with Crippen LogP contribution in [-0.4, -0.2) is 30.1 Å². The maximum Gasteiger partial charge on any atom is 0.0343 e. The Balaban J connectivity index is 2.84. The van der Waals surface area contributed by atoms with E-state index in [2.05, 4.69) is 56.9 Å². The Kier molecular flexibility index (Phi) is 5.16. The Morgan fingerprint density at radius 1 is 1.12 bits per heavy atom. The largest absolute Gasteiger partial charge is 0.329 e. The highest BCUT2D eigenvalue weighted by atomic mass is 15.2. The molecule has 1 aromatic rings. The number of hydrogen-bond donors (Lipinski definition) is 1. The SMILES string of the molecule is CCN(CC)C(C)(CN)Cc1ccc(C)cc1. The van der Waals surface area contributed by atoms with Crippen LogP contribution in [0.1, 0.15) is 31.9 Å². The summed E-state index contributed by atoms with van der Waals surface area (Å²) in [7, 11) is 0. The van der Waals surface area contributed by atoms with Gasteiger partial charge >= 0.3 is 0 Å². The van der Waals surface area contributed by atoms with Crippen LogP contribution in [0.4, 0.5) is 0 Å². The second-order valence-electron chi connectivity index (χ2n) is 5.04. The molecule has 0 amide bonds. The summed E-state index contributed by atoms with van der Waals surface area (Å²) < 4.78 is 0. The molecule has 0 fully saturated rings. The van der Waals surface area contributed by atoms with E-state index in [1.807, 2.05) is 0 Å². The van der Waals surface area contributed by atoms with Gasteiger partial charge in [-0.05, 0) is 38.9 Å². The van der Waals surface area contributed by atoms with E-state index in [0.29, 0.717) is 6.54 Å². The van der Waals surface area contributed by atoms with Crippen LogP contribution >= 0.6 is 0 Å². The molecule has 0 saturated carbocycles. The number of hydrogen-bond acceptors (Lipinski definition) is 2. The molecule has 0 heterocycles. The van der Waals surface area contributed by atoms with Crippen molar-refractivity contribution >= 4 is 0 Å². The van der Waals surface area contributed by atoms with Gasteiger partial charge in [-0.1, -0.05) is 43.7 Å². The second-order valence-corrected chi connectivity index (χ2v) is 5.04. The summed E-state index contributed by atoms with van der Waals surface area (Å²) in [6, 6.07) is 8.78. The van der Waals surface area contributed by atoms with Crippen LogP contribution in [0.3, 0.4) is 0 Å². The van der Waals surface area contributed by atoms with Gasteiger partial charge in [-0.15, -0.1) is 0 Å². The van der Waals surface area contributed by atoms with Gasteiger partial charge in [0.25, 0.3) is 0 Å². The Hall–Kier alpha value is -0.860. The van der Waals surface area contributed by atoms with Crippen molar-refractivity contribution < 1.29 is 0 Å². The van der Waals surface area contributed by atoms with E-state index in [4.69, 9.17) is 5.73 Å². The number of rotatable bonds is 6. The van der Waals surface area contributed by atoms with E-state index < -0.39 is 0 Å². The first kappa shape index (κ1) is 14.2. The van der Waals surface area contributed by atoms with E-state index in [0.717, 1.165) is 19.5 Å². The van der Waals surface area contributed by atoms with E-state index in [1.54, 1.807) is 0 Å². The number of likely N-dealkylation sites (N-methyl/N-ethyl adjacent to an activating group) is 1. The normalized spacial score (nSPS) is 14.9. The molecule has 17 heavy (non-hydrogen) atoms. The molecule has 0 aliphatic rings. The molecule has 0 spiro atoms. The number of benzene rings is 1. The zero-order chi connectivity index (χ0) is 12.9. The van der Waals surface area contributed by atoms with Gasteiger partial charge in [0.15, 0.2) is 0 Å². The summed E-state index contributed by atoms with van der Waals surface area (Å²) in [6.45, 7) is 11.6. The maximum atomic E-state index is 6.00. The first-order chi connectivity index (χ1) is 8.05. The van der Waals surface area contributed by atoms with Crippen LogP contribution in [0.25, 0.3) is 0 Å². The van der Waals surface area contributed by atoms with Gasteiger partial charge in [0.1, 0.15) is 0 Å². The minimum absolute atomic E-state index is 0.0682. The number of aryl methyl sites for hydroxylation is 1. The zero-order valence-corrected chi connectivity index (χ0v) is 11.7. The fourth-order valence-corrected chi connectivity index (χ4v) is 2.45. The number of nitrogens with zero attached hydrogens (tertiary/aromatic N) is 1. The lowest BCUT2D eigenvalue weighted by Gasteiger charge is -2.39. The Bertz CT molecular complexity index is 327. The molecule has 0 radical (unpaired) electrons. The van der Waals surface area contributed by atoms with Gasteiger partial charge < -0.3 is 5.73 Å². The molecule has 1 unspecified atom stereocenters. The molecule has 1 aromatic carbocycles. The smallest absolute Gasteiger partial charge is 0.0343 e. The van der Waals surface area contributed by atoms with Crippen molar-refractivity contribution in [2.45, 2.75) is 39.7 Å². The van der Waals surface area contributed by atoms with Crippen molar-refractivity contribution in [3.63, 3.8) is 0 Å². The lowest BCUT2D eigenvalue weighted by Crippen LogP contribution is -2.53. The Labute approximate surface area is 106 Å². The van der Waals surface area contributed by atoms with Crippen molar-refractivity contribution in [3.8, 4) is 0 Å². The zero-order valence-electron chi connectivity index (χ0n) is 11.7. The summed E-state index contributed by atoms with van der Waals surface area (Å²) in [5.41, 5.74) is 8.75. The molecule has 1 rings (SSSR count). The second kappa shape index (κ2) is 6.18. The van der Waals surface area contributed by atoms with Crippen LogP contribution in [0.2, 0.25) is 0 Å². The molecule has 2 N–H and O–H groups in total. The predicted octanol–water partition coefficient (Wildman–Crippen LogP) is 2.60. The first-order valence-corrected chi connectivity index (χ1v) is 6.56. The average Bonchev–Trinajstić information content (AvgIpc) is 2.33. The lowest BCUT2D eigenvalue weighted by molar-refractivity contribution is 0.124. The van der Waals surface area contributed by atoms with Crippen LogP contribution in [0.5, 0.6) is 0 Å². The van der Waals surface area contributed by atoms with Crippen molar-refractivity contribution in [3.05, 3.63) is 35.4 Å². The fraction of sp³-hybridized carbons (Fsp3) is 0.600. The van der Waals surface area contributed by atoms with Gasteiger partial charge in [0, 0.05) is 12.1 Å². The average molecular weight is 234 g/mol. The molecule has 96 valence electrons. The summed E-state index contributed by atoms with van der Waals surface area (Å²) >= 11 is 0. The fourth-order valence-electron chi connectivity index (χ4n) is 2.45. The minimum Gasteiger partial charge on any atom is -0.329 e. The highest BCUT2D eigenvalue weighted by Crippen LogP contribution is 2.20. The highest BCUT2D eigenvalue weighted by molar-refractivity contribution is 5.23. The molecule has 1 atom stereocenters. The van der Waals surface area contributed by atoms with E-state index in [9.17, 15) is 0 Å². The Morgan fingerprint density at radius 2 is 1.65 bits per heavy atom. The summed E-state index contributed by atoms with van der Waals surface area (Å²) in [6.07, 6.45) is 1.02. The monoisotopic (exact) mass is 234 g/mol. The lowest BCUT2D eigenvalue weighted by atomic mass is 9.90. The standard InChI is InChI=1S/C15H26N2/c1-5-17(6-2)15(4,12-16)11-14-9-7-13(3)8-10-14/h7-10H,5-6,11-12,16H2,1-4H3. The van der Waals surface area contributed by atoms with Crippen molar-refractivity contribution in [2.24, 2.45) is 5.73 Å². The molecule has 2 heteroatoms. The summed E-state index contributed by atoms with van der Waals surface area (Å²) in [4.78, 5) is 2.45. The van der Waals surface area contributed by atoms with Crippen molar-refractivity contribution in [2.75, 3.05) is 19.6 Å². The predicted molar refractivity (Wildman–Crippen MR) is 75.3 cm³/mol. The van der Waals surface area contributed by atoms with Crippen molar-refractivity contribution in [1.82, 2.24) is 4.90 Å². The molecule has 0 aromatic heterocycles. The molecular weight excluding hydrogens is 208 g/mol. The van der Waals surface area contributed by atoms with Crippen molar-refractivity contribution in [1.29, 1.82) is 0 Å². The van der Waals surface area contributed by atoms with Crippen LogP contribution in [0, 0.1) is 6.92 Å². The van der Waals surface area contributed by atoms with Crippen LogP contribution < -0.4 is 5.73 Å². The number of nitrogens with two attached hydrogens (primary N) is 1. The third kappa shape index (κ3) is 3.55. The Morgan fingerprint density at radius 3 is 2.06 bits per heavy atom.